The highest BCUT2D eigenvalue weighted by molar-refractivity contribution is 9.10. The molecule has 0 radical (unpaired) electrons. The van der Waals surface area contributed by atoms with Crippen LogP contribution >= 0.6 is 15.9 Å². The lowest BCUT2D eigenvalue weighted by Gasteiger charge is -2.10. The summed E-state index contributed by atoms with van der Waals surface area (Å²) in [7, 11) is 0. The molecule has 2 N–H and O–H groups in total. The standard InChI is InChI=1S/C14H19BrN2O/c1-9-7-12(8-10(2)14(9)15)16-6-5-13(18)17-11-3-4-11/h7-8,11,16H,3-6H2,1-2H3,(H,17,18). The largest absolute Gasteiger partial charge is 0.385 e. The Morgan fingerprint density at radius 2 is 1.94 bits per heavy atom. The quantitative estimate of drug-likeness (QED) is 0.877. The smallest absolute Gasteiger partial charge is 0.221 e. The van der Waals surface area contributed by atoms with Gasteiger partial charge in [0.05, 0.1) is 0 Å². The number of rotatable bonds is 5. The van der Waals surface area contributed by atoms with Gasteiger partial charge >= 0.3 is 0 Å². The van der Waals surface area contributed by atoms with E-state index < -0.39 is 0 Å². The van der Waals surface area contributed by atoms with E-state index in [4.69, 9.17) is 0 Å². The number of hydrogen-bond donors (Lipinski definition) is 2. The van der Waals surface area contributed by atoms with E-state index in [9.17, 15) is 4.79 Å². The van der Waals surface area contributed by atoms with Gasteiger partial charge in [0.25, 0.3) is 0 Å². The number of amides is 1. The molecule has 0 aromatic heterocycles. The Bertz CT molecular complexity index is 432. The first-order valence-corrected chi connectivity index (χ1v) is 7.15. The van der Waals surface area contributed by atoms with Crippen LogP contribution in [0.1, 0.15) is 30.4 Å². The molecule has 1 amide bonds. The fraction of sp³-hybridized carbons (Fsp3) is 0.500. The molecule has 98 valence electrons. The van der Waals surface area contributed by atoms with E-state index in [0.717, 1.165) is 23.0 Å². The molecule has 1 aromatic rings. The fourth-order valence-electron chi connectivity index (χ4n) is 1.90. The van der Waals surface area contributed by atoms with Crippen LogP contribution < -0.4 is 10.6 Å². The van der Waals surface area contributed by atoms with Gasteiger partial charge in [0.1, 0.15) is 0 Å². The minimum absolute atomic E-state index is 0.149. The maximum Gasteiger partial charge on any atom is 0.221 e. The normalized spacial score (nSPS) is 14.4. The highest BCUT2D eigenvalue weighted by atomic mass is 79.9. The molecule has 4 heteroatoms. The average Bonchev–Trinajstić information content (AvgIpc) is 3.09. The van der Waals surface area contributed by atoms with Gasteiger partial charge in [-0.15, -0.1) is 0 Å². The van der Waals surface area contributed by atoms with Gasteiger partial charge < -0.3 is 10.6 Å². The molecule has 0 unspecified atom stereocenters. The van der Waals surface area contributed by atoms with Crippen molar-refractivity contribution in [3.8, 4) is 0 Å². The fourth-order valence-corrected chi connectivity index (χ4v) is 2.12. The number of halogens is 1. The maximum atomic E-state index is 11.5. The second-order valence-corrected chi connectivity index (χ2v) is 5.74. The van der Waals surface area contributed by atoms with Crippen molar-refractivity contribution in [2.75, 3.05) is 11.9 Å². The molecule has 1 saturated carbocycles. The number of carbonyl (C=O) groups excluding carboxylic acids is 1. The van der Waals surface area contributed by atoms with Crippen molar-refractivity contribution >= 4 is 27.5 Å². The van der Waals surface area contributed by atoms with Crippen LogP contribution in [-0.4, -0.2) is 18.5 Å². The molecule has 0 atom stereocenters. The Labute approximate surface area is 116 Å². The molecule has 1 aliphatic rings. The van der Waals surface area contributed by atoms with Gasteiger partial charge in [0.2, 0.25) is 5.91 Å². The third kappa shape index (κ3) is 3.73. The van der Waals surface area contributed by atoms with Crippen LogP contribution in [0.25, 0.3) is 0 Å². The predicted octanol–water partition coefficient (Wildman–Crippen LogP) is 3.15. The van der Waals surface area contributed by atoms with Gasteiger partial charge in [-0.2, -0.15) is 0 Å². The molecule has 0 saturated heterocycles. The average molecular weight is 311 g/mol. The molecule has 0 spiro atoms. The number of carbonyl (C=O) groups is 1. The zero-order valence-corrected chi connectivity index (χ0v) is 12.4. The lowest BCUT2D eigenvalue weighted by molar-refractivity contribution is -0.120. The Hall–Kier alpha value is -1.03. The molecule has 1 aliphatic carbocycles. The summed E-state index contributed by atoms with van der Waals surface area (Å²) in [6, 6.07) is 4.64. The van der Waals surface area contributed by atoms with Gasteiger partial charge in [-0.3, -0.25) is 4.79 Å². The Kier molecular flexibility index (Phi) is 4.27. The molecule has 2 rings (SSSR count). The van der Waals surface area contributed by atoms with Crippen molar-refractivity contribution in [2.24, 2.45) is 0 Å². The van der Waals surface area contributed by atoms with Gasteiger partial charge in [0, 0.05) is 29.2 Å². The zero-order chi connectivity index (χ0) is 13.1. The van der Waals surface area contributed by atoms with Crippen molar-refractivity contribution in [3.63, 3.8) is 0 Å². The van der Waals surface area contributed by atoms with Crippen molar-refractivity contribution in [2.45, 2.75) is 39.2 Å². The molecule has 1 fully saturated rings. The lowest BCUT2D eigenvalue weighted by Crippen LogP contribution is -2.27. The summed E-state index contributed by atoms with van der Waals surface area (Å²) in [5.74, 6) is 0.149. The van der Waals surface area contributed by atoms with Crippen LogP contribution in [0.4, 0.5) is 5.69 Å². The van der Waals surface area contributed by atoms with Crippen LogP contribution in [0.15, 0.2) is 16.6 Å². The van der Waals surface area contributed by atoms with E-state index in [0.29, 0.717) is 19.0 Å². The van der Waals surface area contributed by atoms with E-state index in [1.165, 1.54) is 11.1 Å². The first kappa shape index (κ1) is 13.4. The highest BCUT2D eigenvalue weighted by Gasteiger charge is 2.22. The minimum atomic E-state index is 0.149. The summed E-state index contributed by atoms with van der Waals surface area (Å²) in [4.78, 5) is 11.5. The van der Waals surface area contributed by atoms with Crippen molar-refractivity contribution in [3.05, 3.63) is 27.7 Å². The van der Waals surface area contributed by atoms with Crippen LogP contribution in [0.3, 0.4) is 0 Å². The second-order valence-electron chi connectivity index (χ2n) is 4.94. The number of anilines is 1. The minimum Gasteiger partial charge on any atom is -0.385 e. The molecular formula is C14H19BrN2O. The molecular weight excluding hydrogens is 292 g/mol. The van der Waals surface area contributed by atoms with Crippen LogP contribution in [-0.2, 0) is 4.79 Å². The van der Waals surface area contributed by atoms with E-state index in [1.807, 2.05) is 0 Å². The SMILES string of the molecule is Cc1cc(NCCC(=O)NC2CC2)cc(C)c1Br. The summed E-state index contributed by atoms with van der Waals surface area (Å²) in [5, 5.41) is 6.28. The molecule has 0 aliphatic heterocycles. The predicted molar refractivity (Wildman–Crippen MR) is 77.9 cm³/mol. The first-order valence-electron chi connectivity index (χ1n) is 6.36. The monoisotopic (exact) mass is 310 g/mol. The third-order valence-corrected chi connectivity index (χ3v) is 4.31. The number of hydrogen-bond acceptors (Lipinski definition) is 2. The van der Waals surface area contributed by atoms with E-state index in [2.05, 4.69) is 52.5 Å². The second kappa shape index (κ2) is 5.74. The number of benzene rings is 1. The summed E-state index contributed by atoms with van der Waals surface area (Å²) in [5.41, 5.74) is 3.49. The highest BCUT2D eigenvalue weighted by Crippen LogP contribution is 2.25. The molecule has 0 heterocycles. The summed E-state index contributed by atoms with van der Waals surface area (Å²) in [6.45, 7) is 4.82. The first-order chi connectivity index (χ1) is 8.56. The summed E-state index contributed by atoms with van der Waals surface area (Å²) >= 11 is 3.55. The zero-order valence-electron chi connectivity index (χ0n) is 10.8. The van der Waals surface area contributed by atoms with Crippen LogP contribution in [0, 0.1) is 13.8 Å². The molecule has 0 bridgehead atoms. The van der Waals surface area contributed by atoms with Gasteiger partial charge in [-0.05, 0) is 49.9 Å². The van der Waals surface area contributed by atoms with E-state index in [-0.39, 0.29) is 5.91 Å². The van der Waals surface area contributed by atoms with Gasteiger partial charge in [0.15, 0.2) is 0 Å². The lowest BCUT2D eigenvalue weighted by atomic mass is 10.1. The molecule has 1 aromatic carbocycles. The van der Waals surface area contributed by atoms with Crippen LogP contribution in [0.5, 0.6) is 0 Å². The summed E-state index contributed by atoms with van der Waals surface area (Å²) < 4.78 is 1.15. The Morgan fingerprint density at radius 1 is 1.33 bits per heavy atom. The van der Waals surface area contributed by atoms with Crippen molar-refractivity contribution < 1.29 is 4.79 Å². The number of nitrogens with one attached hydrogen (secondary N) is 2. The van der Waals surface area contributed by atoms with E-state index >= 15 is 0 Å². The van der Waals surface area contributed by atoms with Gasteiger partial charge in [-0.1, -0.05) is 15.9 Å². The Balaban J connectivity index is 1.80. The summed E-state index contributed by atoms with van der Waals surface area (Å²) in [6.07, 6.45) is 2.82. The topological polar surface area (TPSA) is 41.1 Å². The van der Waals surface area contributed by atoms with Crippen LogP contribution in [0.2, 0.25) is 0 Å². The Morgan fingerprint density at radius 3 is 2.50 bits per heavy atom. The van der Waals surface area contributed by atoms with Gasteiger partial charge in [-0.25, -0.2) is 0 Å². The van der Waals surface area contributed by atoms with Crippen molar-refractivity contribution in [1.82, 2.24) is 5.32 Å². The molecule has 3 nitrogen and oxygen atoms in total. The third-order valence-electron chi connectivity index (χ3n) is 3.06. The number of aryl methyl sites for hydroxylation is 2. The van der Waals surface area contributed by atoms with Crippen molar-refractivity contribution in [1.29, 1.82) is 0 Å². The molecule has 18 heavy (non-hydrogen) atoms. The maximum absolute atomic E-state index is 11.5. The van der Waals surface area contributed by atoms with E-state index in [1.54, 1.807) is 0 Å².